The van der Waals surface area contributed by atoms with Crippen LogP contribution in [-0.2, 0) is 11.3 Å². The molecular formula is C27H25N3O4. The Labute approximate surface area is 198 Å². The van der Waals surface area contributed by atoms with Gasteiger partial charge in [0, 0.05) is 24.8 Å². The zero-order chi connectivity index (χ0) is 23.3. The predicted octanol–water partition coefficient (Wildman–Crippen LogP) is 4.51. The highest BCUT2D eigenvalue weighted by Crippen LogP contribution is 2.33. The first kappa shape index (κ1) is 21.6. The van der Waals surface area contributed by atoms with Gasteiger partial charge >= 0.3 is 5.97 Å². The van der Waals surface area contributed by atoms with Gasteiger partial charge in [-0.25, -0.2) is 4.79 Å². The van der Waals surface area contributed by atoms with Gasteiger partial charge < -0.3 is 23.7 Å². The lowest BCUT2D eigenvalue weighted by Crippen LogP contribution is -2.54. The summed E-state index contributed by atoms with van der Waals surface area (Å²) in [7, 11) is 1.40. The Bertz CT molecular complexity index is 1230. The fraction of sp³-hybridized carbons (Fsp3) is 0.185. The summed E-state index contributed by atoms with van der Waals surface area (Å²) in [5, 5.41) is 0. The summed E-state index contributed by atoms with van der Waals surface area (Å²) >= 11 is 0. The van der Waals surface area contributed by atoms with Gasteiger partial charge in [-0.2, -0.15) is 0 Å². The van der Waals surface area contributed by atoms with Crippen LogP contribution in [0, 0.1) is 0 Å². The number of benzene rings is 2. The van der Waals surface area contributed by atoms with E-state index in [9.17, 15) is 4.79 Å². The van der Waals surface area contributed by atoms with Gasteiger partial charge in [-0.15, -0.1) is 0 Å². The van der Waals surface area contributed by atoms with Crippen LogP contribution in [0.15, 0.2) is 91.5 Å². The Morgan fingerprint density at radius 2 is 1.68 bits per heavy atom. The number of aromatic nitrogens is 2. The highest BCUT2D eigenvalue weighted by Gasteiger charge is 2.32. The molecule has 172 valence electrons. The molecule has 34 heavy (non-hydrogen) atoms. The van der Waals surface area contributed by atoms with Gasteiger partial charge in [0.25, 0.3) is 0 Å². The molecule has 1 aliphatic heterocycles. The van der Waals surface area contributed by atoms with Crippen LogP contribution < -0.4 is 14.4 Å². The van der Waals surface area contributed by atoms with Crippen LogP contribution in [0.1, 0.15) is 15.9 Å². The highest BCUT2D eigenvalue weighted by molar-refractivity contribution is 5.96. The molecule has 7 nitrogen and oxygen atoms in total. The number of hydrogen-bond donors (Lipinski definition) is 0. The van der Waals surface area contributed by atoms with Crippen molar-refractivity contribution < 1.29 is 19.0 Å². The monoisotopic (exact) mass is 455 g/mol. The van der Waals surface area contributed by atoms with Crippen LogP contribution in [-0.4, -0.2) is 41.8 Å². The second kappa shape index (κ2) is 9.70. The number of anilines is 1. The fourth-order valence-corrected chi connectivity index (χ4v) is 3.98. The van der Waals surface area contributed by atoms with Crippen LogP contribution in [0.25, 0.3) is 5.69 Å². The number of esters is 1. The van der Waals surface area contributed by atoms with E-state index in [-0.39, 0.29) is 12.1 Å². The number of hydrogen-bond acceptors (Lipinski definition) is 6. The van der Waals surface area contributed by atoms with Crippen molar-refractivity contribution in [3.05, 3.63) is 103 Å². The molecule has 0 unspecified atom stereocenters. The smallest absolute Gasteiger partial charge is 0.340 e. The zero-order valence-corrected chi connectivity index (χ0v) is 18.8. The average molecular weight is 456 g/mol. The number of nitrogens with zero attached hydrogens (tertiary/aromatic N) is 3. The van der Waals surface area contributed by atoms with Crippen molar-refractivity contribution in [3.63, 3.8) is 0 Å². The fourth-order valence-electron chi connectivity index (χ4n) is 3.98. The SMILES string of the molecule is COC(=O)c1cccc(N2CC(Oc3ccc(COc4ccncc4)cc3)C2)c1-n1cccc1. The molecule has 0 aliphatic carbocycles. The third-order valence-corrected chi connectivity index (χ3v) is 5.75. The van der Waals surface area contributed by atoms with Crippen molar-refractivity contribution in [1.29, 1.82) is 0 Å². The summed E-state index contributed by atoms with van der Waals surface area (Å²) in [5.74, 6) is 1.26. The zero-order valence-electron chi connectivity index (χ0n) is 18.8. The molecule has 3 heterocycles. The molecule has 0 atom stereocenters. The van der Waals surface area contributed by atoms with Crippen LogP contribution in [0.5, 0.6) is 11.5 Å². The molecule has 7 heteroatoms. The maximum absolute atomic E-state index is 12.4. The maximum atomic E-state index is 12.4. The molecule has 4 aromatic rings. The van der Waals surface area contributed by atoms with Crippen molar-refractivity contribution in [2.24, 2.45) is 0 Å². The van der Waals surface area contributed by atoms with E-state index in [0.717, 1.165) is 41.5 Å². The summed E-state index contributed by atoms with van der Waals surface area (Å²) in [6.45, 7) is 1.94. The molecule has 0 amide bonds. The largest absolute Gasteiger partial charge is 0.489 e. The quantitative estimate of drug-likeness (QED) is 0.365. The van der Waals surface area contributed by atoms with Gasteiger partial charge in [0.2, 0.25) is 0 Å². The number of ether oxygens (including phenoxy) is 3. The summed E-state index contributed by atoms with van der Waals surface area (Å²) in [4.78, 5) is 18.6. The van der Waals surface area contributed by atoms with E-state index >= 15 is 0 Å². The first-order valence-corrected chi connectivity index (χ1v) is 11.1. The van der Waals surface area contributed by atoms with Crippen LogP contribution >= 0.6 is 0 Å². The third kappa shape index (κ3) is 4.59. The molecule has 5 rings (SSSR count). The average Bonchev–Trinajstić information content (AvgIpc) is 3.40. The molecule has 1 fully saturated rings. The predicted molar refractivity (Wildman–Crippen MR) is 129 cm³/mol. The highest BCUT2D eigenvalue weighted by atomic mass is 16.5. The van der Waals surface area contributed by atoms with Gasteiger partial charge in [-0.1, -0.05) is 18.2 Å². The van der Waals surface area contributed by atoms with Gasteiger partial charge in [-0.05, 0) is 54.1 Å². The Morgan fingerprint density at radius 3 is 2.38 bits per heavy atom. The van der Waals surface area contributed by atoms with Crippen molar-refractivity contribution in [2.75, 3.05) is 25.1 Å². The number of rotatable bonds is 8. The number of para-hydroxylation sites is 1. The molecule has 0 spiro atoms. The topological polar surface area (TPSA) is 65.8 Å². The van der Waals surface area contributed by atoms with Gasteiger partial charge in [0.15, 0.2) is 0 Å². The third-order valence-electron chi connectivity index (χ3n) is 5.75. The molecule has 1 saturated heterocycles. The summed E-state index contributed by atoms with van der Waals surface area (Å²) in [5.41, 5.74) is 3.39. The van der Waals surface area contributed by atoms with Gasteiger partial charge in [0.1, 0.15) is 24.2 Å². The van der Waals surface area contributed by atoms with Crippen LogP contribution in [0.2, 0.25) is 0 Å². The number of methoxy groups -OCH3 is 1. The minimum absolute atomic E-state index is 0.0678. The molecule has 0 saturated carbocycles. The molecular weight excluding hydrogens is 430 g/mol. The Hall–Kier alpha value is -4.26. The standard InChI is InChI=1S/C27H25N3O4/c1-32-27(31)24-5-4-6-25(26(24)29-15-2-3-16-29)30-17-23(18-30)34-22-9-7-20(8-10-22)19-33-21-11-13-28-14-12-21/h2-16,23H,17-19H2,1H3. The number of carbonyl (C=O) groups excluding carboxylic acids is 1. The Balaban J connectivity index is 1.22. The summed E-state index contributed by atoms with van der Waals surface area (Å²) in [6, 6.07) is 21.2. The van der Waals surface area contributed by atoms with E-state index < -0.39 is 0 Å². The maximum Gasteiger partial charge on any atom is 0.340 e. The Kier molecular flexibility index (Phi) is 6.16. The molecule has 2 aromatic carbocycles. The number of carbonyl (C=O) groups is 1. The lowest BCUT2D eigenvalue weighted by molar-refractivity contribution is 0.0600. The van der Waals surface area contributed by atoms with E-state index in [1.54, 1.807) is 18.5 Å². The van der Waals surface area contributed by atoms with E-state index in [0.29, 0.717) is 12.2 Å². The normalized spacial score (nSPS) is 13.3. The molecule has 0 radical (unpaired) electrons. The van der Waals surface area contributed by atoms with Crippen LogP contribution in [0.3, 0.4) is 0 Å². The molecule has 0 N–H and O–H groups in total. The van der Waals surface area contributed by atoms with Crippen molar-refractivity contribution in [2.45, 2.75) is 12.7 Å². The van der Waals surface area contributed by atoms with Crippen LogP contribution in [0.4, 0.5) is 5.69 Å². The minimum atomic E-state index is -0.355. The summed E-state index contributed by atoms with van der Waals surface area (Å²) < 4.78 is 18.9. The van der Waals surface area contributed by atoms with Gasteiger partial charge in [0.05, 0.1) is 37.1 Å². The second-order valence-corrected chi connectivity index (χ2v) is 8.02. The van der Waals surface area contributed by atoms with E-state index in [1.807, 2.05) is 77.6 Å². The van der Waals surface area contributed by atoms with E-state index in [1.165, 1.54) is 7.11 Å². The lowest BCUT2D eigenvalue weighted by atomic mass is 10.1. The van der Waals surface area contributed by atoms with Crippen molar-refractivity contribution in [3.8, 4) is 17.2 Å². The van der Waals surface area contributed by atoms with E-state index in [2.05, 4.69) is 9.88 Å². The minimum Gasteiger partial charge on any atom is -0.489 e. The van der Waals surface area contributed by atoms with Crippen molar-refractivity contribution >= 4 is 11.7 Å². The van der Waals surface area contributed by atoms with Crippen molar-refractivity contribution in [1.82, 2.24) is 9.55 Å². The first-order valence-electron chi connectivity index (χ1n) is 11.1. The first-order chi connectivity index (χ1) is 16.7. The molecule has 2 aromatic heterocycles. The van der Waals surface area contributed by atoms with Gasteiger partial charge in [-0.3, -0.25) is 4.98 Å². The number of pyridine rings is 1. The summed E-state index contributed by atoms with van der Waals surface area (Å²) in [6.07, 6.45) is 7.35. The molecule has 0 bridgehead atoms. The molecule has 1 aliphatic rings. The Morgan fingerprint density at radius 1 is 0.941 bits per heavy atom. The second-order valence-electron chi connectivity index (χ2n) is 8.02. The van der Waals surface area contributed by atoms with E-state index in [4.69, 9.17) is 14.2 Å². The lowest BCUT2D eigenvalue weighted by Gasteiger charge is -2.41.